The summed E-state index contributed by atoms with van der Waals surface area (Å²) in [4.78, 5) is 21.4. The van der Waals surface area contributed by atoms with E-state index < -0.39 is 0 Å². The number of carbonyl (C=O) groups excluding carboxylic acids is 1. The van der Waals surface area contributed by atoms with E-state index in [9.17, 15) is 4.79 Å². The molecule has 1 aliphatic rings. The van der Waals surface area contributed by atoms with Crippen molar-refractivity contribution in [3.05, 3.63) is 72.6 Å². The molecule has 1 amide bonds. The molecule has 0 atom stereocenters. The molecule has 10 heteroatoms. The highest BCUT2D eigenvalue weighted by atomic mass is 16.5. The Morgan fingerprint density at radius 2 is 1.91 bits per heavy atom. The van der Waals surface area contributed by atoms with Gasteiger partial charge in [0.2, 0.25) is 12.2 Å². The van der Waals surface area contributed by atoms with Crippen LogP contribution in [-0.4, -0.2) is 48.4 Å². The van der Waals surface area contributed by atoms with Crippen LogP contribution >= 0.6 is 0 Å². The summed E-state index contributed by atoms with van der Waals surface area (Å²) in [7, 11) is 1.87. The van der Waals surface area contributed by atoms with Crippen LogP contribution in [-0.2, 0) is 11.8 Å². The van der Waals surface area contributed by atoms with Gasteiger partial charge in [-0.3, -0.25) is 13.9 Å². The lowest BCUT2D eigenvalue weighted by molar-refractivity contribution is 0.102. The minimum Gasteiger partial charge on any atom is -0.381 e. The molecule has 5 heterocycles. The molecule has 0 bridgehead atoms. The molecule has 1 saturated heterocycles. The maximum Gasteiger partial charge on any atom is 0.274 e. The minimum atomic E-state index is -0.263. The Morgan fingerprint density at radius 3 is 2.60 bits per heavy atom. The van der Waals surface area contributed by atoms with Gasteiger partial charge in [-0.2, -0.15) is 10.1 Å². The average molecular weight is 474 g/mol. The fourth-order valence-corrected chi connectivity index (χ4v) is 3.77. The number of imidazole rings is 1. The Hall–Kier alpha value is -4.31. The second-order valence-electron chi connectivity index (χ2n) is 8.22. The van der Waals surface area contributed by atoms with E-state index in [1.807, 2.05) is 62.8 Å². The van der Waals surface area contributed by atoms with E-state index in [1.54, 1.807) is 15.3 Å². The van der Waals surface area contributed by atoms with Gasteiger partial charge in [-0.15, -0.1) is 0 Å². The van der Waals surface area contributed by atoms with Crippen LogP contribution in [0.1, 0.15) is 30.3 Å². The van der Waals surface area contributed by atoms with E-state index in [4.69, 9.17) is 9.26 Å². The number of aromatic nitrogens is 6. The first-order chi connectivity index (χ1) is 17.1. The third-order valence-electron chi connectivity index (χ3n) is 5.69. The van der Waals surface area contributed by atoms with Gasteiger partial charge in [-0.25, -0.2) is 4.98 Å². The van der Waals surface area contributed by atoms with Crippen molar-refractivity contribution in [2.45, 2.75) is 19.8 Å². The van der Waals surface area contributed by atoms with Crippen molar-refractivity contribution >= 4 is 17.2 Å². The van der Waals surface area contributed by atoms with Gasteiger partial charge in [-0.05, 0) is 49.6 Å². The number of benzene rings is 1. The fourth-order valence-electron chi connectivity index (χ4n) is 3.77. The number of fused-ring (bicyclic) bond motifs is 1. The standard InChI is InChI=1S/C21H17N7O2.C4H8O.H2/c1-13-3-4-15(20-23-12-30-26-20)9-17(13)24-21(29)18-11-22-19-10-14(5-8-28(18)19)16-6-7-27(2)25-16;1-2-4-5-3-1;/h3-12H,1-2H3,(H,24,29);1-4H2;1H. The summed E-state index contributed by atoms with van der Waals surface area (Å²) >= 11 is 0. The summed E-state index contributed by atoms with van der Waals surface area (Å²) in [6.07, 6.45) is 9.09. The number of anilines is 1. The number of aryl methyl sites for hydroxylation is 2. The van der Waals surface area contributed by atoms with E-state index in [0.717, 1.165) is 35.6 Å². The molecule has 1 aromatic carbocycles. The molecule has 5 aromatic rings. The third-order valence-corrected chi connectivity index (χ3v) is 5.69. The largest absolute Gasteiger partial charge is 0.381 e. The lowest BCUT2D eigenvalue weighted by Crippen LogP contribution is -2.15. The zero-order valence-electron chi connectivity index (χ0n) is 19.5. The summed E-state index contributed by atoms with van der Waals surface area (Å²) in [6, 6.07) is 11.3. The molecule has 6 rings (SSSR count). The molecule has 1 aliphatic heterocycles. The van der Waals surface area contributed by atoms with Crippen LogP contribution in [0.15, 0.2) is 65.9 Å². The van der Waals surface area contributed by atoms with E-state index in [2.05, 4.69) is 25.5 Å². The first kappa shape index (κ1) is 22.5. The fraction of sp³-hybridized carbons (Fsp3) is 0.240. The zero-order chi connectivity index (χ0) is 24.2. The van der Waals surface area contributed by atoms with Crippen LogP contribution in [0.2, 0.25) is 0 Å². The molecule has 180 valence electrons. The molecular formula is C25H27N7O3. The summed E-state index contributed by atoms with van der Waals surface area (Å²) < 4.78 is 13.2. The third kappa shape index (κ3) is 4.97. The first-order valence-corrected chi connectivity index (χ1v) is 11.3. The maximum atomic E-state index is 13.0. The lowest BCUT2D eigenvalue weighted by Gasteiger charge is -2.09. The Bertz CT molecular complexity index is 1450. The average Bonchev–Trinajstić information content (AvgIpc) is 3.68. The normalized spacial score (nSPS) is 13.0. The summed E-state index contributed by atoms with van der Waals surface area (Å²) in [6.45, 7) is 3.92. The van der Waals surface area contributed by atoms with Gasteiger partial charge in [0.05, 0.1) is 11.9 Å². The van der Waals surface area contributed by atoms with E-state index >= 15 is 0 Å². The number of nitrogens with zero attached hydrogens (tertiary/aromatic N) is 6. The number of ether oxygens (including phenoxy) is 1. The molecule has 0 spiro atoms. The molecule has 1 N–H and O–H groups in total. The van der Waals surface area contributed by atoms with Gasteiger partial charge in [0, 0.05) is 50.9 Å². The molecule has 35 heavy (non-hydrogen) atoms. The quantitative estimate of drug-likeness (QED) is 0.412. The molecular weight excluding hydrogens is 446 g/mol. The van der Waals surface area contributed by atoms with Crippen molar-refractivity contribution < 1.29 is 15.5 Å². The van der Waals surface area contributed by atoms with Crippen molar-refractivity contribution in [3.8, 4) is 22.6 Å². The van der Waals surface area contributed by atoms with Gasteiger partial charge < -0.3 is 14.6 Å². The monoisotopic (exact) mass is 473 g/mol. The lowest BCUT2D eigenvalue weighted by atomic mass is 10.1. The zero-order valence-corrected chi connectivity index (χ0v) is 19.5. The highest BCUT2D eigenvalue weighted by Crippen LogP contribution is 2.24. The highest BCUT2D eigenvalue weighted by Gasteiger charge is 2.15. The molecule has 0 saturated carbocycles. The molecule has 0 unspecified atom stereocenters. The van der Waals surface area contributed by atoms with Crippen LogP contribution in [0.5, 0.6) is 0 Å². The van der Waals surface area contributed by atoms with Gasteiger partial charge in [-0.1, -0.05) is 17.3 Å². The van der Waals surface area contributed by atoms with Crippen molar-refractivity contribution in [3.63, 3.8) is 0 Å². The smallest absolute Gasteiger partial charge is 0.274 e. The van der Waals surface area contributed by atoms with Crippen molar-refractivity contribution in [2.75, 3.05) is 18.5 Å². The number of nitrogens with one attached hydrogen (secondary N) is 1. The highest BCUT2D eigenvalue weighted by molar-refractivity contribution is 6.04. The topological polar surface area (TPSA) is 112 Å². The van der Waals surface area contributed by atoms with E-state index in [0.29, 0.717) is 22.9 Å². The van der Waals surface area contributed by atoms with Gasteiger partial charge in [0.15, 0.2) is 0 Å². The Labute approximate surface area is 203 Å². The number of pyridine rings is 1. The number of hydrogen-bond acceptors (Lipinski definition) is 7. The second-order valence-corrected chi connectivity index (χ2v) is 8.22. The SMILES string of the molecule is C1CCOC1.Cc1ccc(-c2ncon2)cc1NC(=O)c1cnc2cc(-c3ccn(C)n3)ccn12.[HH]. The van der Waals surface area contributed by atoms with Crippen molar-refractivity contribution in [1.82, 2.24) is 29.3 Å². The summed E-state index contributed by atoms with van der Waals surface area (Å²) in [5.74, 6) is 0.198. The molecule has 4 aromatic heterocycles. The summed E-state index contributed by atoms with van der Waals surface area (Å²) in [5.41, 5.74) is 5.22. The van der Waals surface area contributed by atoms with Gasteiger partial charge in [0.1, 0.15) is 11.3 Å². The molecule has 10 nitrogen and oxygen atoms in total. The predicted molar refractivity (Wildman–Crippen MR) is 132 cm³/mol. The van der Waals surface area contributed by atoms with Crippen LogP contribution in [0.25, 0.3) is 28.3 Å². The number of carbonyl (C=O) groups is 1. The van der Waals surface area contributed by atoms with Crippen LogP contribution < -0.4 is 5.32 Å². The first-order valence-electron chi connectivity index (χ1n) is 11.3. The molecule has 1 fully saturated rings. The van der Waals surface area contributed by atoms with Crippen molar-refractivity contribution in [1.29, 1.82) is 0 Å². The predicted octanol–water partition coefficient (Wildman–Crippen LogP) is 4.39. The van der Waals surface area contributed by atoms with Crippen LogP contribution in [0.4, 0.5) is 5.69 Å². The molecule has 0 aliphatic carbocycles. The van der Waals surface area contributed by atoms with Gasteiger partial charge >= 0.3 is 0 Å². The molecule has 0 radical (unpaired) electrons. The maximum absolute atomic E-state index is 13.0. The number of amides is 1. The number of rotatable bonds is 4. The van der Waals surface area contributed by atoms with Crippen molar-refractivity contribution in [2.24, 2.45) is 7.05 Å². The Balaban J connectivity index is 0.000000455. The minimum absolute atomic E-state index is 0. The Morgan fingerprint density at radius 1 is 1.06 bits per heavy atom. The Kier molecular flexibility index (Phi) is 6.36. The van der Waals surface area contributed by atoms with E-state index in [-0.39, 0.29) is 7.33 Å². The number of hydrogen-bond donors (Lipinski definition) is 1. The van der Waals surface area contributed by atoms with E-state index in [1.165, 1.54) is 19.2 Å². The van der Waals surface area contributed by atoms with Crippen LogP contribution in [0, 0.1) is 6.92 Å². The summed E-state index contributed by atoms with van der Waals surface area (Å²) in [5, 5.41) is 11.2. The van der Waals surface area contributed by atoms with Gasteiger partial charge in [0.25, 0.3) is 5.91 Å². The second kappa shape index (κ2) is 9.90. The van der Waals surface area contributed by atoms with Crippen LogP contribution in [0.3, 0.4) is 0 Å².